The van der Waals surface area contributed by atoms with Crippen LogP contribution in [0.4, 0.5) is 0 Å². The molecule has 7 nitrogen and oxygen atoms in total. The molecule has 3 atom stereocenters. The molecule has 1 aliphatic rings. The second-order valence-electron chi connectivity index (χ2n) is 4.08. The molecule has 0 bridgehead atoms. The van der Waals surface area contributed by atoms with Gasteiger partial charge >= 0.3 is 19.1 Å². The molecule has 0 aliphatic carbocycles. The van der Waals surface area contributed by atoms with Crippen LogP contribution in [0, 0.1) is 5.92 Å². The Morgan fingerprint density at radius 2 is 2.12 bits per heavy atom. The van der Waals surface area contributed by atoms with Crippen molar-refractivity contribution < 1.29 is 29.5 Å². The highest BCUT2D eigenvalue weighted by molar-refractivity contribution is 6.45. The van der Waals surface area contributed by atoms with Crippen LogP contribution < -0.4 is 5.32 Å². The summed E-state index contributed by atoms with van der Waals surface area (Å²) in [6, 6.07) is 0. The number of hydrogen-bond donors (Lipinski definition) is 4. The van der Waals surface area contributed by atoms with Gasteiger partial charge in [-0.3, -0.25) is 9.59 Å². The summed E-state index contributed by atoms with van der Waals surface area (Å²) in [4.78, 5) is 21.5. The Kier molecular flexibility index (Phi) is 4.92. The quantitative estimate of drug-likeness (QED) is 0.456. The van der Waals surface area contributed by atoms with Crippen LogP contribution in [-0.2, 0) is 14.2 Å². The van der Waals surface area contributed by atoms with E-state index in [0.29, 0.717) is 12.8 Å². The fourth-order valence-electron chi connectivity index (χ4n) is 1.98. The lowest BCUT2D eigenvalue weighted by Gasteiger charge is -2.33. The molecule has 3 unspecified atom stereocenters. The van der Waals surface area contributed by atoms with E-state index >= 15 is 0 Å². The number of hydrogen-bond acceptors (Lipinski definition) is 5. The largest absolute Gasteiger partial charge is 0.481 e. The molecule has 0 spiro atoms. The first-order chi connectivity index (χ1) is 7.95. The molecule has 4 N–H and O–H groups in total. The highest BCUT2D eigenvalue weighted by Crippen LogP contribution is 2.24. The molecule has 8 heteroatoms. The van der Waals surface area contributed by atoms with Crippen molar-refractivity contribution in [3.8, 4) is 0 Å². The SMILES string of the molecule is CNC1CCC(C(CC(=O)O)C(=O)O)OB1O. The van der Waals surface area contributed by atoms with Gasteiger partial charge in [0.25, 0.3) is 0 Å². The maximum absolute atomic E-state index is 11.0. The van der Waals surface area contributed by atoms with E-state index in [1.165, 1.54) is 0 Å². The Morgan fingerprint density at radius 3 is 2.53 bits per heavy atom. The molecular formula is C9H16BNO6. The molecule has 17 heavy (non-hydrogen) atoms. The lowest BCUT2D eigenvalue weighted by atomic mass is 9.71. The van der Waals surface area contributed by atoms with Crippen molar-refractivity contribution in [3.05, 3.63) is 0 Å². The van der Waals surface area contributed by atoms with Gasteiger partial charge in [0.15, 0.2) is 0 Å². The van der Waals surface area contributed by atoms with E-state index in [2.05, 4.69) is 5.32 Å². The van der Waals surface area contributed by atoms with Crippen molar-refractivity contribution in [2.45, 2.75) is 31.3 Å². The van der Waals surface area contributed by atoms with E-state index in [9.17, 15) is 14.6 Å². The van der Waals surface area contributed by atoms with Crippen LogP contribution in [0.25, 0.3) is 0 Å². The molecule has 1 heterocycles. The van der Waals surface area contributed by atoms with Crippen LogP contribution in [0.5, 0.6) is 0 Å². The maximum Gasteiger partial charge on any atom is 0.472 e. The topological polar surface area (TPSA) is 116 Å². The van der Waals surface area contributed by atoms with E-state index in [0.717, 1.165) is 0 Å². The van der Waals surface area contributed by atoms with Crippen molar-refractivity contribution in [1.82, 2.24) is 5.32 Å². The minimum atomic E-state index is -1.22. The molecule has 1 saturated heterocycles. The monoisotopic (exact) mass is 245 g/mol. The molecule has 0 aromatic heterocycles. The van der Waals surface area contributed by atoms with Crippen molar-refractivity contribution in [2.24, 2.45) is 5.92 Å². The van der Waals surface area contributed by atoms with Crippen molar-refractivity contribution in [1.29, 1.82) is 0 Å². The average molecular weight is 245 g/mol. The predicted molar refractivity (Wildman–Crippen MR) is 58.3 cm³/mol. The molecule has 0 radical (unpaired) electrons. The van der Waals surface area contributed by atoms with Crippen LogP contribution in [-0.4, -0.2) is 53.4 Å². The summed E-state index contributed by atoms with van der Waals surface area (Å²) in [6.07, 6.45) is -0.307. The van der Waals surface area contributed by atoms with Crippen LogP contribution in [0.15, 0.2) is 0 Å². The lowest BCUT2D eigenvalue weighted by molar-refractivity contribution is -0.152. The normalized spacial score (nSPS) is 26.6. The summed E-state index contributed by atoms with van der Waals surface area (Å²) in [6.45, 7) is 0. The zero-order valence-corrected chi connectivity index (χ0v) is 9.50. The summed E-state index contributed by atoms with van der Waals surface area (Å²) in [5.41, 5.74) is 0. The fourth-order valence-corrected chi connectivity index (χ4v) is 1.98. The summed E-state index contributed by atoms with van der Waals surface area (Å²) in [7, 11) is 0.568. The summed E-state index contributed by atoms with van der Waals surface area (Å²) in [5, 5.41) is 30.0. The van der Waals surface area contributed by atoms with Gasteiger partial charge in [-0.15, -0.1) is 0 Å². The van der Waals surface area contributed by atoms with Gasteiger partial charge in [-0.1, -0.05) is 0 Å². The Balaban J connectivity index is 2.64. The first-order valence-electron chi connectivity index (χ1n) is 5.41. The van der Waals surface area contributed by atoms with E-state index in [1.807, 2.05) is 0 Å². The standard InChI is InChI=1S/C9H16BNO6/c1-11-7-3-2-6(17-10(7)16)5(9(14)15)4-8(12)13/h5-7,11,16H,2-4H2,1H3,(H,12,13)(H,14,15). The van der Waals surface area contributed by atoms with Crippen LogP contribution in [0.1, 0.15) is 19.3 Å². The molecule has 1 fully saturated rings. The Morgan fingerprint density at radius 1 is 1.47 bits per heavy atom. The number of rotatable bonds is 5. The third-order valence-electron chi connectivity index (χ3n) is 2.95. The smallest absolute Gasteiger partial charge is 0.472 e. The Hall–Kier alpha value is -1.12. The highest BCUT2D eigenvalue weighted by Gasteiger charge is 2.40. The third kappa shape index (κ3) is 3.69. The van der Waals surface area contributed by atoms with Gasteiger partial charge in [0, 0.05) is 5.94 Å². The van der Waals surface area contributed by atoms with E-state index in [1.54, 1.807) is 7.05 Å². The maximum atomic E-state index is 11.0. The molecular weight excluding hydrogens is 229 g/mol. The molecule has 0 saturated carbocycles. The predicted octanol–water partition coefficient (Wildman–Crippen LogP) is -1.05. The number of nitrogens with one attached hydrogen (secondary N) is 1. The van der Waals surface area contributed by atoms with Gasteiger partial charge in [-0.2, -0.15) is 0 Å². The first-order valence-corrected chi connectivity index (χ1v) is 5.41. The van der Waals surface area contributed by atoms with Gasteiger partial charge in [0.05, 0.1) is 18.4 Å². The molecule has 0 amide bonds. The van der Waals surface area contributed by atoms with Gasteiger partial charge < -0.3 is 25.2 Å². The van der Waals surface area contributed by atoms with Gasteiger partial charge in [-0.25, -0.2) is 0 Å². The lowest BCUT2D eigenvalue weighted by Crippen LogP contribution is -2.52. The second-order valence-corrected chi connectivity index (χ2v) is 4.08. The van der Waals surface area contributed by atoms with Gasteiger partial charge in [-0.05, 0) is 19.9 Å². The van der Waals surface area contributed by atoms with Gasteiger partial charge in [0.2, 0.25) is 0 Å². The number of aliphatic carboxylic acids is 2. The zero-order chi connectivity index (χ0) is 13.0. The average Bonchev–Trinajstić information content (AvgIpc) is 2.25. The Labute approximate surface area is 98.9 Å². The van der Waals surface area contributed by atoms with E-state index in [-0.39, 0.29) is 5.94 Å². The fraction of sp³-hybridized carbons (Fsp3) is 0.778. The van der Waals surface area contributed by atoms with Crippen molar-refractivity contribution in [3.63, 3.8) is 0 Å². The van der Waals surface area contributed by atoms with E-state index < -0.39 is 37.5 Å². The highest BCUT2D eigenvalue weighted by atomic mass is 16.5. The summed E-state index contributed by atoms with van der Waals surface area (Å²) in [5.74, 6) is -3.77. The summed E-state index contributed by atoms with van der Waals surface area (Å²) >= 11 is 0. The minimum absolute atomic E-state index is 0.245. The van der Waals surface area contributed by atoms with Crippen molar-refractivity contribution >= 4 is 19.1 Å². The number of carboxylic acid groups (broad SMARTS) is 2. The number of carboxylic acids is 2. The number of carbonyl (C=O) groups is 2. The molecule has 96 valence electrons. The van der Waals surface area contributed by atoms with Crippen LogP contribution in [0.2, 0.25) is 0 Å². The molecule has 1 aliphatic heterocycles. The van der Waals surface area contributed by atoms with Crippen LogP contribution >= 0.6 is 0 Å². The second kappa shape index (κ2) is 5.99. The minimum Gasteiger partial charge on any atom is -0.481 e. The first kappa shape index (κ1) is 13.9. The molecule has 1 rings (SSSR count). The summed E-state index contributed by atoms with van der Waals surface area (Å²) < 4.78 is 5.16. The third-order valence-corrected chi connectivity index (χ3v) is 2.95. The van der Waals surface area contributed by atoms with Crippen molar-refractivity contribution in [2.75, 3.05) is 7.05 Å². The molecule has 0 aromatic rings. The van der Waals surface area contributed by atoms with E-state index in [4.69, 9.17) is 14.9 Å². The Bertz CT molecular complexity index is 299. The van der Waals surface area contributed by atoms with Crippen LogP contribution in [0.3, 0.4) is 0 Å². The van der Waals surface area contributed by atoms with Gasteiger partial charge in [0.1, 0.15) is 0 Å². The molecule has 0 aromatic carbocycles. The zero-order valence-electron chi connectivity index (χ0n) is 9.50.